The first-order valence-electron chi connectivity index (χ1n) is 9.16. The Balaban J connectivity index is 1.78. The molecule has 11 heteroatoms. The van der Waals surface area contributed by atoms with Crippen LogP contribution in [0.15, 0.2) is 40.9 Å². The summed E-state index contributed by atoms with van der Waals surface area (Å²) < 4.78 is 70.4. The highest BCUT2D eigenvalue weighted by Gasteiger charge is 2.44. The molecule has 2 aromatic heterocycles. The van der Waals surface area contributed by atoms with E-state index in [0.29, 0.717) is 11.3 Å². The lowest BCUT2D eigenvalue weighted by Crippen LogP contribution is -2.54. The summed E-state index contributed by atoms with van der Waals surface area (Å²) in [5, 5.41) is 6.74. The molecule has 31 heavy (non-hydrogen) atoms. The van der Waals surface area contributed by atoms with E-state index < -0.39 is 42.5 Å². The van der Waals surface area contributed by atoms with Gasteiger partial charge < -0.3 is 9.32 Å². The van der Waals surface area contributed by atoms with Gasteiger partial charge >= 0.3 is 6.43 Å². The van der Waals surface area contributed by atoms with Gasteiger partial charge in [-0.1, -0.05) is 12.1 Å². The summed E-state index contributed by atoms with van der Waals surface area (Å²) >= 11 is 0. The smallest absolute Gasteiger partial charge is 0.314 e. The number of rotatable bonds is 5. The van der Waals surface area contributed by atoms with Crippen LogP contribution < -0.4 is 0 Å². The number of carbonyl (C=O) groups excluding carboxylic acids is 1. The molecule has 0 spiro atoms. The van der Waals surface area contributed by atoms with Gasteiger partial charge in [-0.25, -0.2) is 13.2 Å². The fourth-order valence-electron chi connectivity index (χ4n) is 3.66. The maximum absolute atomic E-state index is 13.4. The van der Waals surface area contributed by atoms with Gasteiger partial charge in [-0.3, -0.25) is 9.78 Å². The monoisotopic (exact) mass is 438 g/mol. The zero-order valence-corrected chi connectivity index (χ0v) is 16.0. The van der Waals surface area contributed by atoms with Gasteiger partial charge in [-0.05, 0) is 30.7 Å². The number of hydrogen-bond acceptors (Lipinski definition) is 5. The van der Waals surface area contributed by atoms with Crippen LogP contribution in [-0.4, -0.2) is 39.0 Å². The van der Waals surface area contributed by atoms with Crippen LogP contribution >= 0.6 is 0 Å². The quantitative estimate of drug-likeness (QED) is 0.553. The van der Waals surface area contributed by atoms with Crippen molar-refractivity contribution in [3.05, 3.63) is 65.1 Å². The van der Waals surface area contributed by atoms with Gasteiger partial charge in [-0.15, -0.1) is 10.2 Å². The van der Waals surface area contributed by atoms with Crippen molar-refractivity contribution in [2.24, 2.45) is 0 Å². The van der Waals surface area contributed by atoms with E-state index in [4.69, 9.17) is 4.42 Å². The summed E-state index contributed by atoms with van der Waals surface area (Å²) in [5.41, 5.74) is -0.281. The fourth-order valence-corrected chi connectivity index (χ4v) is 3.66. The average molecular weight is 438 g/mol. The molecule has 3 aromatic rings. The molecule has 0 radical (unpaired) electrons. The molecule has 1 atom stereocenters. The van der Waals surface area contributed by atoms with Crippen LogP contribution in [0.1, 0.15) is 40.9 Å². The Morgan fingerprint density at radius 2 is 1.87 bits per heavy atom. The zero-order valence-electron chi connectivity index (χ0n) is 16.0. The highest BCUT2D eigenvalue weighted by atomic mass is 19.3. The van der Waals surface area contributed by atoms with E-state index in [0.717, 1.165) is 4.90 Å². The molecule has 0 fully saturated rings. The van der Waals surface area contributed by atoms with Crippen LogP contribution in [0.2, 0.25) is 0 Å². The van der Waals surface area contributed by atoms with Crippen LogP contribution in [-0.2, 0) is 12.0 Å². The Bertz CT molecular complexity index is 1120. The third-order valence-corrected chi connectivity index (χ3v) is 5.21. The lowest BCUT2D eigenvalue weighted by molar-refractivity contribution is 0.0152. The molecule has 162 valence electrons. The predicted octanol–water partition coefficient (Wildman–Crippen LogP) is 4.39. The van der Waals surface area contributed by atoms with Crippen molar-refractivity contribution in [2.75, 3.05) is 6.54 Å². The number of pyridine rings is 1. The summed E-state index contributed by atoms with van der Waals surface area (Å²) in [5.74, 6) is -2.38. The van der Waals surface area contributed by atoms with Gasteiger partial charge in [0, 0.05) is 12.6 Å². The van der Waals surface area contributed by atoms with Crippen molar-refractivity contribution in [3.8, 4) is 11.5 Å². The van der Waals surface area contributed by atoms with E-state index in [1.807, 2.05) is 0 Å². The molecular weight excluding hydrogens is 423 g/mol. The van der Waals surface area contributed by atoms with E-state index in [1.165, 1.54) is 36.5 Å². The third-order valence-electron chi connectivity index (χ3n) is 5.21. The summed E-state index contributed by atoms with van der Waals surface area (Å²) in [6.07, 6.45) is -4.42. The molecular formula is C20H15F5N4O2. The Labute approximate surface area is 172 Å². The fraction of sp³-hybridized carbons (Fsp3) is 0.300. The summed E-state index contributed by atoms with van der Waals surface area (Å²) in [6.45, 7) is 0.748. The highest BCUT2D eigenvalue weighted by molar-refractivity contribution is 5.98. The van der Waals surface area contributed by atoms with Crippen molar-refractivity contribution >= 4 is 5.91 Å². The number of hydrogen-bond donors (Lipinski definition) is 0. The molecule has 1 aliphatic rings. The van der Waals surface area contributed by atoms with E-state index in [9.17, 15) is 26.7 Å². The number of fused-ring (bicyclic) bond motifs is 1. The van der Waals surface area contributed by atoms with Crippen molar-refractivity contribution < 1.29 is 31.2 Å². The maximum atomic E-state index is 13.4. The molecule has 0 saturated carbocycles. The number of nitrogens with zero attached hydrogens (tertiary/aromatic N) is 4. The van der Waals surface area contributed by atoms with Crippen LogP contribution in [0, 0.1) is 5.82 Å². The van der Waals surface area contributed by atoms with Crippen molar-refractivity contribution in [1.82, 2.24) is 20.1 Å². The highest BCUT2D eigenvalue weighted by Crippen LogP contribution is 2.39. The number of halogens is 5. The molecule has 1 amide bonds. The molecule has 0 N–H and O–H groups in total. The van der Waals surface area contributed by atoms with Gasteiger partial charge in [0.15, 0.2) is 0 Å². The van der Waals surface area contributed by atoms with Gasteiger partial charge in [0.1, 0.15) is 5.82 Å². The first-order chi connectivity index (χ1) is 14.7. The minimum atomic E-state index is -2.97. The van der Waals surface area contributed by atoms with Crippen LogP contribution in [0.25, 0.3) is 11.5 Å². The number of amides is 1. The van der Waals surface area contributed by atoms with E-state index in [2.05, 4.69) is 15.2 Å². The number of carbonyl (C=O) groups is 1. The normalized spacial score (nSPS) is 18.7. The molecule has 0 saturated heterocycles. The van der Waals surface area contributed by atoms with Crippen molar-refractivity contribution in [2.45, 2.75) is 31.7 Å². The largest absolute Gasteiger partial charge is 0.415 e. The topological polar surface area (TPSA) is 72.1 Å². The van der Waals surface area contributed by atoms with Crippen molar-refractivity contribution in [3.63, 3.8) is 0 Å². The molecule has 6 nitrogen and oxygen atoms in total. The number of alkyl halides is 4. The minimum absolute atomic E-state index is 0.0227. The SMILES string of the molecule is C[C@]1(c2ccc(F)cc2)Cc2ncc(-c3nnc(C(F)F)o3)cc2C(=O)N1CC(F)F. The number of aromatic nitrogens is 3. The molecule has 0 bridgehead atoms. The molecule has 4 rings (SSSR count). The second kappa shape index (κ2) is 7.71. The molecule has 1 aromatic carbocycles. The van der Waals surface area contributed by atoms with Crippen LogP contribution in [0.5, 0.6) is 0 Å². The lowest BCUT2D eigenvalue weighted by atomic mass is 9.80. The van der Waals surface area contributed by atoms with E-state index in [1.54, 1.807) is 6.92 Å². The lowest BCUT2D eigenvalue weighted by Gasteiger charge is -2.45. The Morgan fingerprint density at radius 1 is 1.16 bits per heavy atom. The second-order valence-electron chi connectivity index (χ2n) is 7.23. The maximum Gasteiger partial charge on any atom is 0.314 e. The third kappa shape index (κ3) is 3.75. The number of benzene rings is 1. The van der Waals surface area contributed by atoms with Crippen molar-refractivity contribution in [1.29, 1.82) is 0 Å². The molecule has 1 aliphatic heterocycles. The Hall–Kier alpha value is -3.37. The molecule has 3 heterocycles. The van der Waals surface area contributed by atoms with Crippen LogP contribution in [0.3, 0.4) is 0 Å². The van der Waals surface area contributed by atoms with E-state index >= 15 is 0 Å². The summed E-state index contributed by atoms with van der Waals surface area (Å²) in [4.78, 5) is 18.4. The van der Waals surface area contributed by atoms with Gasteiger partial charge in [-0.2, -0.15) is 8.78 Å². The standard InChI is InChI=1S/C20H15F5N4O2/c1-20(11-2-4-12(21)5-3-11)7-14-13(19(30)29(20)9-15(22)23)6-10(8-26-14)17-27-28-18(31-17)16(24)25/h2-6,8,15-16H,7,9H2,1H3/t20-/m1/s1. The van der Waals surface area contributed by atoms with Gasteiger partial charge in [0.2, 0.25) is 5.89 Å². The first-order valence-corrected chi connectivity index (χ1v) is 9.16. The van der Waals surface area contributed by atoms with E-state index in [-0.39, 0.29) is 23.4 Å². The zero-order chi connectivity index (χ0) is 22.3. The summed E-state index contributed by atoms with van der Waals surface area (Å²) in [6, 6.07) is 6.55. The molecule has 0 aliphatic carbocycles. The van der Waals surface area contributed by atoms with Gasteiger partial charge in [0.25, 0.3) is 18.2 Å². The predicted molar refractivity (Wildman–Crippen MR) is 97.0 cm³/mol. The minimum Gasteiger partial charge on any atom is -0.415 e. The summed E-state index contributed by atoms with van der Waals surface area (Å²) in [7, 11) is 0. The first kappa shape index (κ1) is 20.9. The van der Waals surface area contributed by atoms with Crippen LogP contribution in [0.4, 0.5) is 22.0 Å². The Kier molecular flexibility index (Phi) is 5.19. The average Bonchev–Trinajstić information content (AvgIpc) is 3.22. The molecule has 0 unspecified atom stereocenters. The Morgan fingerprint density at radius 3 is 2.48 bits per heavy atom. The van der Waals surface area contributed by atoms with Gasteiger partial charge in [0.05, 0.1) is 28.9 Å². The second-order valence-corrected chi connectivity index (χ2v) is 7.23.